The van der Waals surface area contributed by atoms with E-state index in [0.29, 0.717) is 17.1 Å². The predicted molar refractivity (Wildman–Crippen MR) is 70.1 cm³/mol. The maximum atomic E-state index is 9.11. The van der Waals surface area contributed by atoms with E-state index in [0.717, 1.165) is 11.1 Å². The lowest BCUT2D eigenvalue weighted by Gasteiger charge is -2.00. The van der Waals surface area contributed by atoms with Crippen LogP contribution >= 0.6 is 0 Å². The molecule has 0 fully saturated rings. The average molecular weight is 244 g/mol. The number of nitrogens with zero attached hydrogens (tertiary/aromatic N) is 4. The normalized spacial score (nSPS) is 10.0. The lowest BCUT2D eigenvalue weighted by Crippen LogP contribution is -1.88. The van der Waals surface area contributed by atoms with Gasteiger partial charge in [0.1, 0.15) is 11.9 Å². The molecule has 19 heavy (non-hydrogen) atoms. The van der Waals surface area contributed by atoms with Gasteiger partial charge in [-0.05, 0) is 36.4 Å². The lowest BCUT2D eigenvalue weighted by molar-refractivity contribution is 1.16. The fraction of sp³-hybridized carbons (Fsp3) is 0. The second kappa shape index (κ2) is 4.29. The molecule has 3 rings (SSSR count). The molecule has 4 nitrogen and oxygen atoms in total. The maximum Gasteiger partial charge on any atom is 0.166 e. The highest BCUT2D eigenvalue weighted by atomic mass is 15.0. The Morgan fingerprint density at radius 3 is 2.42 bits per heavy atom. The highest BCUT2D eigenvalue weighted by Gasteiger charge is 2.11. The molecule has 0 radical (unpaired) electrons. The molecule has 0 N–H and O–H groups in total. The number of hydrogen-bond acceptors (Lipinski definition) is 3. The molecule has 0 aliphatic heterocycles. The number of hydrogen-bond donors (Lipinski definition) is 0. The summed E-state index contributed by atoms with van der Waals surface area (Å²) in [6, 6.07) is 17.0. The SMILES string of the molecule is N#Cc1ccc(-c2nc(C#N)c3ccccn23)cc1. The van der Waals surface area contributed by atoms with Crippen molar-refractivity contribution in [2.75, 3.05) is 0 Å². The molecule has 2 aromatic heterocycles. The first kappa shape index (κ1) is 11.0. The minimum absolute atomic E-state index is 0.403. The Balaban J connectivity index is 2.25. The molecule has 0 unspecified atom stereocenters. The summed E-state index contributed by atoms with van der Waals surface area (Å²) in [5.41, 5.74) is 2.66. The zero-order chi connectivity index (χ0) is 13.2. The Morgan fingerprint density at radius 2 is 1.74 bits per heavy atom. The molecule has 3 aromatic rings. The van der Waals surface area contributed by atoms with Crippen LogP contribution in [0.2, 0.25) is 0 Å². The van der Waals surface area contributed by atoms with E-state index in [2.05, 4.69) is 17.1 Å². The van der Waals surface area contributed by atoms with Crippen molar-refractivity contribution < 1.29 is 0 Å². The van der Waals surface area contributed by atoms with Crippen LogP contribution in [0.15, 0.2) is 48.7 Å². The van der Waals surface area contributed by atoms with Crippen LogP contribution < -0.4 is 0 Å². The van der Waals surface area contributed by atoms with Crippen LogP contribution in [0.4, 0.5) is 0 Å². The van der Waals surface area contributed by atoms with Gasteiger partial charge < -0.3 is 0 Å². The van der Waals surface area contributed by atoms with Crippen LogP contribution in [-0.4, -0.2) is 9.38 Å². The largest absolute Gasteiger partial charge is 0.298 e. The number of aromatic nitrogens is 2. The zero-order valence-electron chi connectivity index (χ0n) is 9.91. The lowest BCUT2D eigenvalue weighted by atomic mass is 10.1. The molecule has 0 bridgehead atoms. The summed E-state index contributed by atoms with van der Waals surface area (Å²) in [5, 5.41) is 17.9. The number of imidazole rings is 1. The van der Waals surface area contributed by atoms with Crippen LogP contribution in [-0.2, 0) is 0 Å². The molecule has 0 saturated carbocycles. The molecule has 4 heteroatoms. The molecule has 1 aromatic carbocycles. The average Bonchev–Trinajstić information content (AvgIpc) is 2.86. The minimum atomic E-state index is 0.403. The monoisotopic (exact) mass is 244 g/mol. The van der Waals surface area contributed by atoms with E-state index in [1.807, 2.05) is 40.9 Å². The molecule has 0 atom stereocenters. The molecule has 0 spiro atoms. The first-order valence-corrected chi connectivity index (χ1v) is 5.71. The van der Waals surface area contributed by atoms with Crippen molar-refractivity contribution in [2.24, 2.45) is 0 Å². The number of benzene rings is 1. The van der Waals surface area contributed by atoms with Crippen molar-refractivity contribution >= 4 is 5.52 Å². The molecule has 0 amide bonds. The van der Waals surface area contributed by atoms with Crippen LogP contribution in [0.5, 0.6) is 0 Å². The van der Waals surface area contributed by atoms with Gasteiger partial charge in [-0.2, -0.15) is 10.5 Å². The van der Waals surface area contributed by atoms with E-state index in [1.54, 1.807) is 12.1 Å². The van der Waals surface area contributed by atoms with Gasteiger partial charge in [0.05, 0.1) is 17.1 Å². The summed E-state index contributed by atoms with van der Waals surface area (Å²) >= 11 is 0. The summed E-state index contributed by atoms with van der Waals surface area (Å²) in [6.07, 6.45) is 1.87. The predicted octanol–water partition coefficient (Wildman–Crippen LogP) is 2.74. The van der Waals surface area contributed by atoms with E-state index in [4.69, 9.17) is 10.5 Å². The molecular formula is C15H8N4. The Labute approximate surface area is 109 Å². The highest BCUT2D eigenvalue weighted by Crippen LogP contribution is 2.22. The first-order chi connectivity index (χ1) is 9.33. The van der Waals surface area contributed by atoms with E-state index in [-0.39, 0.29) is 0 Å². The Morgan fingerprint density at radius 1 is 0.947 bits per heavy atom. The fourth-order valence-electron chi connectivity index (χ4n) is 2.02. The molecule has 2 heterocycles. The maximum absolute atomic E-state index is 9.11. The Kier molecular flexibility index (Phi) is 2.48. The van der Waals surface area contributed by atoms with Crippen molar-refractivity contribution in [3.63, 3.8) is 0 Å². The second-order valence-corrected chi connectivity index (χ2v) is 4.04. The Hall–Kier alpha value is -3.11. The summed E-state index contributed by atoms with van der Waals surface area (Å²) in [7, 11) is 0. The molecule has 0 aliphatic carbocycles. The van der Waals surface area contributed by atoms with Gasteiger partial charge in [0, 0.05) is 11.8 Å². The first-order valence-electron chi connectivity index (χ1n) is 5.71. The molecule has 0 saturated heterocycles. The quantitative estimate of drug-likeness (QED) is 0.661. The van der Waals surface area contributed by atoms with E-state index < -0.39 is 0 Å². The van der Waals surface area contributed by atoms with E-state index >= 15 is 0 Å². The van der Waals surface area contributed by atoms with E-state index in [9.17, 15) is 0 Å². The molecule has 88 valence electrons. The summed E-state index contributed by atoms with van der Waals surface area (Å²) in [6.45, 7) is 0. The number of nitriles is 2. The van der Waals surface area contributed by atoms with E-state index in [1.165, 1.54) is 0 Å². The van der Waals surface area contributed by atoms with Gasteiger partial charge in [0.25, 0.3) is 0 Å². The van der Waals surface area contributed by atoms with Crippen molar-refractivity contribution in [3.05, 3.63) is 59.9 Å². The van der Waals surface area contributed by atoms with Gasteiger partial charge in [0.2, 0.25) is 0 Å². The number of pyridine rings is 1. The third kappa shape index (κ3) is 1.72. The van der Waals surface area contributed by atoms with Crippen LogP contribution in [0.1, 0.15) is 11.3 Å². The second-order valence-electron chi connectivity index (χ2n) is 4.04. The van der Waals surface area contributed by atoms with Gasteiger partial charge in [-0.15, -0.1) is 0 Å². The number of fused-ring (bicyclic) bond motifs is 1. The van der Waals surface area contributed by atoms with Crippen molar-refractivity contribution in [2.45, 2.75) is 0 Å². The van der Waals surface area contributed by atoms with Gasteiger partial charge in [-0.3, -0.25) is 4.40 Å². The van der Waals surface area contributed by atoms with Crippen LogP contribution in [0.25, 0.3) is 16.9 Å². The summed E-state index contributed by atoms with van der Waals surface area (Å²) in [5.74, 6) is 0.705. The third-order valence-electron chi connectivity index (χ3n) is 2.93. The minimum Gasteiger partial charge on any atom is -0.298 e. The van der Waals surface area contributed by atoms with Gasteiger partial charge >= 0.3 is 0 Å². The summed E-state index contributed by atoms with van der Waals surface area (Å²) < 4.78 is 1.87. The van der Waals surface area contributed by atoms with Crippen molar-refractivity contribution in [3.8, 4) is 23.5 Å². The summed E-state index contributed by atoms with van der Waals surface area (Å²) in [4.78, 5) is 4.35. The van der Waals surface area contributed by atoms with Gasteiger partial charge in [0.15, 0.2) is 5.69 Å². The standard InChI is InChI=1S/C15H8N4/c16-9-11-4-6-12(7-5-11)15-18-13(10-17)14-3-1-2-8-19(14)15/h1-8H. The number of rotatable bonds is 1. The van der Waals surface area contributed by atoms with Crippen LogP contribution in [0, 0.1) is 22.7 Å². The highest BCUT2D eigenvalue weighted by molar-refractivity contribution is 5.68. The van der Waals surface area contributed by atoms with Crippen LogP contribution in [0.3, 0.4) is 0 Å². The third-order valence-corrected chi connectivity index (χ3v) is 2.93. The topological polar surface area (TPSA) is 64.9 Å². The van der Waals surface area contributed by atoms with Crippen molar-refractivity contribution in [1.82, 2.24) is 9.38 Å². The Bertz CT molecular complexity index is 829. The van der Waals surface area contributed by atoms with Gasteiger partial charge in [-0.25, -0.2) is 4.98 Å². The molecular weight excluding hydrogens is 236 g/mol. The molecule has 0 aliphatic rings. The van der Waals surface area contributed by atoms with Crippen molar-refractivity contribution in [1.29, 1.82) is 10.5 Å². The fourth-order valence-corrected chi connectivity index (χ4v) is 2.02. The zero-order valence-corrected chi connectivity index (χ0v) is 9.91. The smallest absolute Gasteiger partial charge is 0.166 e. The van der Waals surface area contributed by atoms with Gasteiger partial charge in [-0.1, -0.05) is 6.07 Å².